The van der Waals surface area contributed by atoms with Crippen LogP contribution in [0.15, 0.2) is 24.3 Å². The molecule has 0 radical (unpaired) electrons. The highest BCUT2D eigenvalue weighted by Gasteiger charge is 2.06. The average molecular weight is 231 g/mol. The van der Waals surface area contributed by atoms with Crippen LogP contribution < -0.4 is 10.6 Å². The van der Waals surface area contributed by atoms with Crippen LogP contribution in [0.4, 0.5) is 0 Å². The zero-order valence-electron chi connectivity index (χ0n) is 10.2. The zero-order valence-corrected chi connectivity index (χ0v) is 10.2. The number of amides is 1. The van der Waals surface area contributed by atoms with Gasteiger partial charge in [0.05, 0.1) is 11.6 Å². The second-order valence-electron chi connectivity index (χ2n) is 3.86. The van der Waals surface area contributed by atoms with Crippen molar-refractivity contribution in [1.82, 2.24) is 10.6 Å². The predicted octanol–water partition coefficient (Wildman–Crippen LogP) is 1.29. The molecule has 0 unspecified atom stereocenters. The minimum absolute atomic E-state index is 0.112. The smallest absolute Gasteiger partial charge is 0.251 e. The third-order valence-corrected chi connectivity index (χ3v) is 2.40. The largest absolute Gasteiger partial charge is 0.350 e. The lowest BCUT2D eigenvalue weighted by atomic mass is 10.1. The van der Waals surface area contributed by atoms with Crippen LogP contribution in [0.25, 0.3) is 0 Å². The minimum atomic E-state index is -0.112. The van der Waals surface area contributed by atoms with Gasteiger partial charge in [0.15, 0.2) is 0 Å². The fraction of sp³-hybridized carbons (Fsp3) is 0.385. The van der Waals surface area contributed by atoms with Crippen LogP contribution in [0.2, 0.25) is 0 Å². The molecule has 0 aliphatic rings. The Morgan fingerprint density at radius 3 is 2.59 bits per heavy atom. The number of carbonyl (C=O) groups is 1. The number of likely N-dealkylation sites (N-methyl/N-ethyl adjacent to an activating group) is 1. The molecule has 4 heteroatoms. The SMILES string of the molecule is CCN[C@H](C)CNC(=O)c1ccc(C#N)cc1. The Hall–Kier alpha value is -1.86. The molecule has 1 amide bonds. The summed E-state index contributed by atoms with van der Waals surface area (Å²) in [6.45, 7) is 5.52. The first-order valence-electron chi connectivity index (χ1n) is 5.69. The molecular weight excluding hydrogens is 214 g/mol. The molecule has 0 bridgehead atoms. The molecule has 0 aliphatic heterocycles. The number of carbonyl (C=O) groups excluding carboxylic acids is 1. The first-order chi connectivity index (χ1) is 8.17. The van der Waals surface area contributed by atoms with Gasteiger partial charge in [-0.25, -0.2) is 0 Å². The third-order valence-electron chi connectivity index (χ3n) is 2.40. The Kier molecular flexibility index (Phi) is 5.18. The van der Waals surface area contributed by atoms with Crippen molar-refractivity contribution in [3.8, 4) is 6.07 Å². The van der Waals surface area contributed by atoms with Gasteiger partial charge in [0.25, 0.3) is 5.91 Å². The lowest BCUT2D eigenvalue weighted by Crippen LogP contribution is -2.38. The van der Waals surface area contributed by atoms with Gasteiger partial charge in [-0.15, -0.1) is 0 Å². The first-order valence-corrected chi connectivity index (χ1v) is 5.69. The Morgan fingerprint density at radius 2 is 2.06 bits per heavy atom. The van der Waals surface area contributed by atoms with Gasteiger partial charge in [-0.1, -0.05) is 6.92 Å². The van der Waals surface area contributed by atoms with Crippen LogP contribution >= 0.6 is 0 Å². The van der Waals surface area contributed by atoms with E-state index in [-0.39, 0.29) is 11.9 Å². The highest BCUT2D eigenvalue weighted by atomic mass is 16.1. The maximum atomic E-state index is 11.7. The van der Waals surface area contributed by atoms with Crippen molar-refractivity contribution in [3.05, 3.63) is 35.4 Å². The van der Waals surface area contributed by atoms with Gasteiger partial charge in [-0.05, 0) is 37.7 Å². The Labute approximate surface area is 102 Å². The van der Waals surface area contributed by atoms with Gasteiger partial charge in [0, 0.05) is 18.2 Å². The van der Waals surface area contributed by atoms with E-state index in [2.05, 4.69) is 10.6 Å². The van der Waals surface area contributed by atoms with Crippen molar-refractivity contribution >= 4 is 5.91 Å². The summed E-state index contributed by atoms with van der Waals surface area (Å²) in [6.07, 6.45) is 0. The van der Waals surface area contributed by atoms with Crippen molar-refractivity contribution in [2.24, 2.45) is 0 Å². The molecule has 1 aromatic carbocycles. The molecule has 1 aromatic rings. The van der Waals surface area contributed by atoms with Gasteiger partial charge in [-0.3, -0.25) is 4.79 Å². The minimum Gasteiger partial charge on any atom is -0.350 e. The van der Waals surface area contributed by atoms with E-state index >= 15 is 0 Å². The normalized spacial score (nSPS) is 11.6. The Balaban J connectivity index is 2.50. The molecule has 4 nitrogen and oxygen atoms in total. The fourth-order valence-corrected chi connectivity index (χ4v) is 1.46. The van der Waals surface area contributed by atoms with Crippen LogP contribution in [0.5, 0.6) is 0 Å². The van der Waals surface area contributed by atoms with Crippen molar-refractivity contribution in [3.63, 3.8) is 0 Å². The number of hydrogen-bond donors (Lipinski definition) is 2. The summed E-state index contributed by atoms with van der Waals surface area (Å²) in [5.74, 6) is -0.112. The molecule has 1 atom stereocenters. The monoisotopic (exact) mass is 231 g/mol. The average Bonchev–Trinajstić information content (AvgIpc) is 2.36. The topological polar surface area (TPSA) is 64.9 Å². The lowest BCUT2D eigenvalue weighted by molar-refractivity contribution is 0.0950. The van der Waals surface area contributed by atoms with E-state index in [1.165, 1.54) is 0 Å². The number of nitriles is 1. The molecule has 0 fully saturated rings. The molecule has 0 aliphatic carbocycles. The summed E-state index contributed by atoms with van der Waals surface area (Å²) in [7, 11) is 0. The van der Waals surface area contributed by atoms with E-state index in [1.54, 1.807) is 24.3 Å². The van der Waals surface area contributed by atoms with E-state index in [4.69, 9.17) is 5.26 Å². The molecule has 0 aromatic heterocycles. The van der Waals surface area contributed by atoms with Crippen LogP contribution in [-0.2, 0) is 0 Å². The summed E-state index contributed by atoms with van der Waals surface area (Å²) in [5.41, 5.74) is 1.13. The number of hydrogen-bond acceptors (Lipinski definition) is 3. The number of rotatable bonds is 5. The number of nitrogens with one attached hydrogen (secondary N) is 2. The maximum absolute atomic E-state index is 11.7. The Bertz CT molecular complexity index is 406. The predicted molar refractivity (Wildman–Crippen MR) is 66.6 cm³/mol. The molecule has 90 valence electrons. The van der Waals surface area contributed by atoms with Crippen LogP contribution in [0, 0.1) is 11.3 Å². The molecule has 1 rings (SSSR count). The fourth-order valence-electron chi connectivity index (χ4n) is 1.46. The zero-order chi connectivity index (χ0) is 12.7. The molecule has 0 spiro atoms. The maximum Gasteiger partial charge on any atom is 0.251 e. The summed E-state index contributed by atoms with van der Waals surface area (Å²) < 4.78 is 0. The van der Waals surface area contributed by atoms with Gasteiger partial charge in [0.2, 0.25) is 0 Å². The molecule has 2 N–H and O–H groups in total. The van der Waals surface area contributed by atoms with Gasteiger partial charge in [-0.2, -0.15) is 5.26 Å². The van der Waals surface area contributed by atoms with Crippen LogP contribution in [-0.4, -0.2) is 25.0 Å². The summed E-state index contributed by atoms with van der Waals surface area (Å²) >= 11 is 0. The standard InChI is InChI=1S/C13H17N3O/c1-3-15-10(2)9-16-13(17)12-6-4-11(8-14)5-7-12/h4-7,10,15H,3,9H2,1-2H3,(H,16,17)/t10-/m1/s1. The van der Waals surface area contributed by atoms with Crippen molar-refractivity contribution in [2.45, 2.75) is 19.9 Å². The molecule has 0 heterocycles. The van der Waals surface area contributed by atoms with Gasteiger partial charge >= 0.3 is 0 Å². The van der Waals surface area contributed by atoms with Gasteiger partial charge in [0.1, 0.15) is 0 Å². The summed E-state index contributed by atoms with van der Waals surface area (Å²) in [5, 5.41) is 14.7. The highest BCUT2D eigenvalue weighted by molar-refractivity contribution is 5.94. The third kappa shape index (κ3) is 4.25. The Morgan fingerprint density at radius 1 is 1.41 bits per heavy atom. The number of benzene rings is 1. The first kappa shape index (κ1) is 13.2. The van der Waals surface area contributed by atoms with Gasteiger partial charge < -0.3 is 10.6 Å². The molecule has 0 saturated heterocycles. The molecular formula is C13H17N3O. The van der Waals surface area contributed by atoms with E-state index < -0.39 is 0 Å². The van der Waals surface area contributed by atoms with E-state index in [1.807, 2.05) is 19.9 Å². The van der Waals surface area contributed by atoms with Crippen LogP contribution in [0.1, 0.15) is 29.8 Å². The van der Waals surface area contributed by atoms with Crippen molar-refractivity contribution in [2.75, 3.05) is 13.1 Å². The lowest BCUT2D eigenvalue weighted by Gasteiger charge is -2.13. The van der Waals surface area contributed by atoms with E-state index in [0.717, 1.165) is 6.54 Å². The van der Waals surface area contributed by atoms with Crippen LogP contribution in [0.3, 0.4) is 0 Å². The number of nitrogens with zero attached hydrogens (tertiary/aromatic N) is 1. The highest BCUT2D eigenvalue weighted by Crippen LogP contribution is 2.02. The second kappa shape index (κ2) is 6.66. The van der Waals surface area contributed by atoms with Crippen molar-refractivity contribution in [1.29, 1.82) is 5.26 Å². The van der Waals surface area contributed by atoms with E-state index in [0.29, 0.717) is 17.7 Å². The summed E-state index contributed by atoms with van der Waals surface area (Å²) in [4.78, 5) is 11.7. The quantitative estimate of drug-likeness (QED) is 0.802. The van der Waals surface area contributed by atoms with E-state index in [9.17, 15) is 4.79 Å². The summed E-state index contributed by atoms with van der Waals surface area (Å²) in [6, 6.07) is 8.87. The second-order valence-corrected chi connectivity index (χ2v) is 3.86. The molecule has 17 heavy (non-hydrogen) atoms. The van der Waals surface area contributed by atoms with Crippen molar-refractivity contribution < 1.29 is 4.79 Å². The molecule has 0 saturated carbocycles.